The second kappa shape index (κ2) is 12.1. The highest BCUT2D eigenvalue weighted by molar-refractivity contribution is 6.02. The van der Waals surface area contributed by atoms with Gasteiger partial charge in [0.05, 0.1) is 17.7 Å². The number of hydrogen-bond acceptors (Lipinski definition) is 6. The number of carbonyl (C=O) groups excluding carboxylic acids is 3. The number of aromatic nitrogens is 3. The number of nitrogens with zero attached hydrogens (tertiary/aromatic N) is 4. The number of amides is 2. The van der Waals surface area contributed by atoms with Gasteiger partial charge in [-0.3, -0.25) is 14.5 Å². The van der Waals surface area contributed by atoms with Crippen LogP contribution in [0.4, 0.5) is 10.1 Å². The molecule has 0 aliphatic heterocycles. The van der Waals surface area contributed by atoms with Crippen molar-refractivity contribution in [1.29, 1.82) is 0 Å². The molecule has 10 heteroatoms. The summed E-state index contributed by atoms with van der Waals surface area (Å²) in [5.41, 5.74) is 1.93. The van der Waals surface area contributed by atoms with E-state index in [9.17, 15) is 14.4 Å². The van der Waals surface area contributed by atoms with Crippen molar-refractivity contribution in [1.82, 2.24) is 20.3 Å². The van der Waals surface area contributed by atoms with Gasteiger partial charge in [0.15, 0.2) is 0 Å². The Bertz CT molecular complexity index is 1510. The number of esters is 1. The summed E-state index contributed by atoms with van der Waals surface area (Å²) in [6, 6.07) is 17.9. The molecule has 2 amide bonds. The van der Waals surface area contributed by atoms with Crippen molar-refractivity contribution in [3.63, 3.8) is 0 Å². The number of carbonyl (C=O) groups is 3. The van der Waals surface area contributed by atoms with E-state index in [4.69, 9.17) is 4.74 Å². The number of rotatable bonds is 9. The molecule has 1 aromatic heterocycles. The van der Waals surface area contributed by atoms with Gasteiger partial charge < -0.3 is 10.1 Å². The predicted octanol–water partition coefficient (Wildman–Crippen LogP) is 4.58. The minimum Gasteiger partial charge on any atom is -0.462 e. The first kappa shape index (κ1) is 27.0. The quantitative estimate of drug-likeness (QED) is 0.310. The summed E-state index contributed by atoms with van der Waals surface area (Å²) in [5, 5.41) is 11.3. The Labute approximate surface area is 230 Å². The van der Waals surface area contributed by atoms with Crippen LogP contribution in [-0.2, 0) is 20.9 Å². The molecule has 1 aliphatic carbocycles. The molecule has 1 fully saturated rings. The molecule has 0 saturated heterocycles. The van der Waals surface area contributed by atoms with E-state index in [1.54, 1.807) is 37.3 Å². The number of anilines is 1. The van der Waals surface area contributed by atoms with Crippen LogP contribution in [0, 0.1) is 5.82 Å². The number of para-hydroxylation sites is 1. The molecule has 0 spiro atoms. The van der Waals surface area contributed by atoms with Crippen molar-refractivity contribution in [2.45, 2.75) is 51.2 Å². The van der Waals surface area contributed by atoms with Crippen molar-refractivity contribution in [2.75, 3.05) is 11.5 Å². The molecule has 1 aliphatic rings. The first-order chi connectivity index (χ1) is 19.5. The van der Waals surface area contributed by atoms with Gasteiger partial charge in [-0.15, -0.1) is 5.10 Å². The summed E-state index contributed by atoms with van der Waals surface area (Å²) in [7, 11) is 0. The fourth-order valence-electron chi connectivity index (χ4n) is 5.09. The van der Waals surface area contributed by atoms with Crippen LogP contribution >= 0.6 is 0 Å². The fourth-order valence-corrected chi connectivity index (χ4v) is 5.09. The van der Waals surface area contributed by atoms with Crippen LogP contribution < -0.4 is 10.2 Å². The van der Waals surface area contributed by atoms with Crippen LogP contribution in [0.15, 0.2) is 72.8 Å². The topological polar surface area (TPSA) is 106 Å². The van der Waals surface area contributed by atoms with Gasteiger partial charge in [-0.1, -0.05) is 48.4 Å². The molecule has 1 heterocycles. The highest BCUT2D eigenvalue weighted by Gasteiger charge is 2.36. The maximum absolute atomic E-state index is 15.3. The molecule has 40 heavy (non-hydrogen) atoms. The van der Waals surface area contributed by atoms with Crippen molar-refractivity contribution in [3.05, 3.63) is 89.7 Å². The largest absolute Gasteiger partial charge is 0.462 e. The number of halogens is 1. The van der Waals surface area contributed by atoms with Crippen molar-refractivity contribution in [2.24, 2.45) is 0 Å². The monoisotopic (exact) mass is 543 g/mol. The first-order valence-electron chi connectivity index (χ1n) is 13.4. The van der Waals surface area contributed by atoms with Crippen molar-refractivity contribution in [3.8, 4) is 0 Å². The minimum absolute atomic E-state index is 0.0517. The van der Waals surface area contributed by atoms with Gasteiger partial charge in [0.25, 0.3) is 0 Å². The second-order valence-electron chi connectivity index (χ2n) is 9.68. The highest BCUT2D eigenvalue weighted by Crippen LogP contribution is 2.31. The maximum Gasteiger partial charge on any atom is 0.338 e. The summed E-state index contributed by atoms with van der Waals surface area (Å²) in [6.45, 7) is 1.68. The Hall–Kier alpha value is -4.60. The average molecular weight is 544 g/mol. The molecular weight excluding hydrogens is 513 g/mol. The molecule has 0 bridgehead atoms. The Morgan fingerprint density at radius 1 is 1.02 bits per heavy atom. The smallest absolute Gasteiger partial charge is 0.338 e. The van der Waals surface area contributed by atoms with Gasteiger partial charge in [0.1, 0.15) is 23.9 Å². The number of nitrogens with one attached hydrogen (secondary N) is 1. The van der Waals surface area contributed by atoms with Crippen LogP contribution in [0.3, 0.4) is 0 Å². The van der Waals surface area contributed by atoms with E-state index < -0.39 is 29.6 Å². The van der Waals surface area contributed by atoms with Crippen LogP contribution in [0.2, 0.25) is 0 Å². The van der Waals surface area contributed by atoms with Gasteiger partial charge in [0, 0.05) is 17.3 Å². The van der Waals surface area contributed by atoms with Crippen LogP contribution in [0.5, 0.6) is 0 Å². The van der Waals surface area contributed by atoms with E-state index in [2.05, 4.69) is 15.6 Å². The zero-order valence-corrected chi connectivity index (χ0v) is 22.1. The van der Waals surface area contributed by atoms with Gasteiger partial charge in [-0.25, -0.2) is 13.9 Å². The number of hydrogen-bond donors (Lipinski definition) is 1. The summed E-state index contributed by atoms with van der Waals surface area (Å²) in [4.78, 5) is 41.5. The van der Waals surface area contributed by atoms with Gasteiger partial charge >= 0.3 is 5.97 Å². The molecule has 1 unspecified atom stereocenters. The lowest BCUT2D eigenvalue weighted by atomic mass is 10.0. The molecule has 206 valence electrons. The number of ether oxygens (including phenoxy) is 1. The molecule has 9 nitrogen and oxygen atoms in total. The maximum atomic E-state index is 15.3. The lowest BCUT2D eigenvalue weighted by Crippen LogP contribution is -2.47. The lowest BCUT2D eigenvalue weighted by molar-refractivity contribution is -0.127. The molecule has 1 atom stereocenters. The average Bonchev–Trinajstić information content (AvgIpc) is 3.62. The SMILES string of the molecule is CCOC(=O)c1ccc(N(C(=O)Cn2nnc3ccccc32)C(C(=O)NC2CCCC2)c2ccccc2F)cc1. The molecule has 1 N–H and O–H groups in total. The summed E-state index contributed by atoms with van der Waals surface area (Å²) in [5.74, 6) is -2.11. The number of benzene rings is 3. The van der Waals surface area contributed by atoms with E-state index in [1.807, 2.05) is 12.1 Å². The van der Waals surface area contributed by atoms with Gasteiger partial charge in [-0.2, -0.15) is 0 Å². The third-order valence-corrected chi connectivity index (χ3v) is 7.04. The fraction of sp³-hybridized carbons (Fsp3) is 0.300. The van der Waals surface area contributed by atoms with Gasteiger partial charge in [0.2, 0.25) is 11.8 Å². The van der Waals surface area contributed by atoms with E-state index in [0.29, 0.717) is 16.7 Å². The lowest BCUT2D eigenvalue weighted by Gasteiger charge is -2.32. The normalized spacial score (nSPS) is 14.2. The van der Waals surface area contributed by atoms with Crippen molar-refractivity contribution < 1.29 is 23.5 Å². The van der Waals surface area contributed by atoms with E-state index in [0.717, 1.165) is 25.7 Å². The third-order valence-electron chi connectivity index (χ3n) is 7.04. The molecule has 1 saturated carbocycles. The molecular formula is C30H30FN5O4. The minimum atomic E-state index is -1.31. The van der Waals surface area contributed by atoms with Crippen LogP contribution in [0.25, 0.3) is 11.0 Å². The first-order valence-corrected chi connectivity index (χ1v) is 13.4. The second-order valence-corrected chi connectivity index (χ2v) is 9.68. The third kappa shape index (κ3) is 5.70. The zero-order valence-electron chi connectivity index (χ0n) is 22.1. The molecule has 3 aromatic carbocycles. The molecule has 5 rings (SSSR count). The van der Waals surface area contributed by atoms with Gasteiger partial charge in [-0.05, 0) is 62.2 Å². The summed E-state index contributed by atoms with van der Waals surface area (Å²) >= 11 is 0. The van der Waals surface area contributed by atoms with Crippen LogP contribution in [0.1, 0.15) is 54.6 Å². The Balaban J connectivity index is 1.58. The Morgan fingerprint density at radius 2 is 1.73 bits per heavy atom. The molecule has 0 radical (unpaired) electrons. The Kier molecular flexibility index (Phi) is 8.14. The summed E-state index contributed by atoms with van der Waals surface area (Å²) < 4.78 is 21.8. The molecule has 4 aromatic rings. The van der Waals surface area contributed by atoms with Crippen molar-refractivity contribution >= 4 is 34.5 Å². The number of fused-ring (bicyclic) bond motifs is 1. The van der Waals surface area contributed by atoms with Crippen LogP contribution in [-0.4, -0.2) is 45.4 Å². The predicted molar refractivity (Wildman–Crippen MR) is 147 cm³/mol. The highest BCUT2D eigenvalue weighted by atomic mass is 19.1. The van der Waals surface area contributed by atoms with E-state index >= 15 is 4.39 Å². The van der Waals surface area contributed by atoms with E-state index in [-0.39, 0.29) is 30.3 Å². The summed E-state index contributed by atoms with van der Waals surface area (Å²) in [6.07, 6.45) is 3.63. The van der Waals surface area contributed by atoms with E-state index in [1.165, 1.54) is 39.9 Å². The Morgan fingerprint density at radius 3 is 2.45 bits per heavy atom. The zero-order chi connectivity index (χ0) is 28.1. The standard InChI is InChI=1S/C30H30FN5O4/c1-2-40-30(39)20-15-17-22(18-16-20)36(27(37)19-35-26-14-8-7-13-25(26)33-34-35)28(23-11-5-6-12-24(23)31)29(38)32-21-9-3-4-10-21/h5-8,11-18,21,28H,2-4,9-10,19H2,1H3,(H,32,38).